The van der Waals surface area contributed by atoms with E-state index in [9.17, 15) is 8.42 Å². The maximum absolute atomic E-state index is 11.2. The average molecular weight is 314 g/mol. The molecule has 0 aromatic carbocycles. The van der Waals surface area contributed by atoms with E-state index in [1.807, 2.05) is 34.6 Å². The summed E-state index contributed by atoms with van der Waals surface area (Å²) in [5, 5.41) is 6.34. The monoisotopic (exact) mass is 314 g/mol. The van der Waals surface area contributed by atoms with Crippen molar-refractivity contribution in [1.29, 1.82) is 0 Å². The van der Waals surface area contributed by atoms with Crippen LogP contribution < -0.4 is 10.6 Å². The summed E-state index contributed by atoms with van der Waals surface area (Å²) in [6, 6.07) is 0. The zero-order chi connectivity index (χ0) is 16.3. The van der Waals surface area contributed by atoms with Crippen molar-refractivity contribution in [2.45, 2.75) is 40.0 Å². The van der Waals surface area contributed by atoms with E-state index in [1.54, 1.807) is 0 Å². The van der Waals surface area contributed by atoms with Crippen molar-refractivity contribution in [3.63, 3.8) is 0 Å². The lowest BCUT2D eigenvalue weighted by Crippen LogP contribution is -2.21. The molecule has 2 N–H and O–H groups in total. The molecule has 0 radical (unpaired) electrons. The summed E-state index contributed by atoms with van der Waals surface area (Å²) in [5.41, 5.74) is 0.726. The molecule has 7 heteroatoms. The first-order chi connectivity index (χ1) is 9.54. The van der Waals surface area contributed by atoms with E-state index < -0.39 is 9.84 Å². The molecular weight excluding hydrogens is 288 g/mol. The molecule has 0 saturated carbocycles. The maximum atomic E-state index is 11.2. The van der Waals surface area contributed by atoms with Crippen LogP contribution in [0.3, 0.4) is 0 Å². The lowest BCUT2D eigenvalue weighted by Gasteiger charge is -2.21. The highest BCUT2D eigenvalue weighted by Gasteiger charge is 2.21. The van der Waals surface area contributed by atoms with Crippen LogP contribution in [0.25, 0.3) is 0 Å². The third kappa shape index (κ3) is 5.49. The molecule has 0 amide bonds. The zero-order valence-corrected chi connectivity index (χ0v) is 14.6. The Kier molecular flexibility index (Phi) is 5.55. The Morgan fingerprint density at radius 3 is 2.05 bits per heavy atom. The molecule has 0 fully saturated rings. The fourth-order valence-corrected chi connectivity index (χ4v) is 2.19. The quantitative estimate of drug-likeness (QED) is 0.835. The standard InChI is InChI=1S/C14H26N4O2S/c1-7-15-11-10(2)12(16-8-9-21(6,19)20)18-13(17-11)14(3,4)5/h7-9H2,1-6H3,(H2,15,16,17,18). The van der Waals surface area contributed by atoms with Crippen LogP contribution in [-0.4, -0.2) is 43.5 Å². The minimum absolute atomic E-state index is 0.0812. The van der Waals surface area contributed by atoms with Gasteiger partial charge < -0.3 is 10.6 Å². The zero-order valence-electron chi connectivity index (χ0n) is 13.7. The van der Waals surface area contributed by atoms with Gasteiger partial charge in [0.2, 0.25) is 0 Å². The molecule has 0 unspecified atom stereocenters. The number of hydrogen-bond donors (Lipinski definition) is 2. The van der Waals surface area contributed by atoms with E-state index >= 15 is 0 Å². The van der Waals surface area contributed by atoms with E-state index in [-0.39, 0.29) is 11.2 Å². The second-order valence-electron chi connectivity index (χ2n) is 6.21. The Balaban J connectivity index is 3.08. The van der Waals surface area contributed by atoms with Gasteiger partial charge in [-0.1, -0.05) is 20.8 Å². The molecule has 0 aliphatic carbocycles. The predicted octanol–water partition coefficient (Wildman–Crippen LogP) is 1.97. The summed E-state index contributed by atoms with van der Waals surface area (Å²) < 4.78 is 22.4. The smallest absolute Gasteiger partial charge is 0.149 e. The number of nitrogens with zero attached hydrogens (tertiary/aromatic N) is 2. The Morgan fingerprint density at radius 1 is 1.10 bits per heavy atom. The fraction of sp³-hybridized carbons (Fsp3) is 0.714. The Morgan fingerprint density at radius 2 is 1.62 bits per heavy atom. The van der Waals surface area contributed by atoms with Crippen molar-refractivity contribution in [2.24, 2.45) is 0 Å². The van der Waals surface area contributed by atoms with Crippen molar-refractivity contribution in [2.75, 3.05) is 35.7 Å². The van der Waals surface area contributed by atoms with Gasteiger partial charge in [0.15, 0.2) is 0 Å². The first-order valence-corrected chi connectivity index (χ1v) is 9.15. The number of rotatable bonds is 6. The van der Waals surface area contributed by atoms with E-state index in [0.29, 0.717) is 12.4 Å². The van der Waals surface area contributed by atoms with Gasteiger partial charge in [-0.3, -0.25) is 0 Å². The van der Waals surface area contributed by atoms with Crippen LogP contribution in [0.4, 0.5) is 11.6 Å². The number of aromatic nitrogens is 2. The van der Waals surface area contributed by atoms with Gasteiger partial charge in [0.05, 0.1) is 5.75 Å². The fourth-order valence-electron chi connectivity index (χ4n) is 1.72. The Labute approximate surface area is 127 Å². The van der Waals surface area contributed by atoms with Gasteiger partial charge in [-0.25, -0.2) is 18.4 Å². The second kappa shape index (κ2) is 6.60. The van der Waals surface area contributed by atoms with E-state index in [2.05, 4.69) is 20.6 Å². The molecule has 1 aromatic heterocycles. The first kappa shape index (κ1) is 17.7. The number of sulfone groups is 1. The highest BCUT2D eigenvalue weighted by molar-refractivity contribution is 7.90. The van der Waals surface area contributed by atoms with Gasteiger partial charge >= 0.3 is 0 Å². The molecule has 1 rings (SSSR count). The summed E-state index contributed by atoms with van der Waals surface area (Å²) in [5.74, 6) is 2.29. The van der Waals surface area contributed by atoms with Crippen LogP contribution in [0.15, 0.2) is 0 Å². The Bertz CT molecular complexity index is 592. The Hall–Kier alpha value is -1.37. The predicted molar refractivity (Wildman–Crippen MR) is 87.8 cm³/mol. The van der Waals surface area contributed by atoms with Gasteiger partial charge in [0, 0.05) is 30.3 Å². The van der Waals surface area contributed by atoms with Crippen LogP contribution in [0.1, 0.15) is 39.1 Å². The highest BCUT2D eigenvalue weighted by Crippen LogP contribution is 2.26. The summed E-state index contributed by atoms with van der Waals surface area (Å²) in [6.45, 7) is 11.2. The van der Waals surface area contributed by atoms with Crippen molar-refractivity contribution >= 4 is 21.5 Å². The normalized spacial score (nSPS) is 12.3. The van der Waals surface area contributed by atoms with E-state index in [0.717, 1.165) is 23.8 Å². The molecule has 0 saturated heterocycles. The topological polar surface area (TPSA) is 84.0 Å². The largest absolute Gasteiger partial charge is 0.370 e. The average Bonchev–Trinajstić information content (AvgIpc) is 2.31. The molecule has 6 nitrogen and oxygen atoms in total. The van der Waals surface area contributed by atoms with Gasteiger partial charge in [-0.15, -0.1) is 0 Å². The molecule has 0 aliphatic rings. The molecular formula is C14H26N4O2S. The minimum Gasteiger partial charge on any atom is -0.370 e. The lowest BCUT2D eigenvalue weighted by molar-refractivity contribution is 0.546. The van der Waals surface area contributed by atoms with Gasteiger partial charge in [-0.05, 0) is 13.8 Å². The molecule has 0 spiro atoms. The van der Waals surface area contributed by atoms with Crippen LogP contribution in [-0.2, 0) is 15.3 Å². The summed E-state index contributed by atoms with van der Waals surface area (Å²) in [4.78, 5) is 9.12. The molecule has 1 aromatic rings. The second-order valence-corrected chi connectivity index (χ2v) is 8.47. The summed E-state index contributed by atoms with van der Waals surface area (Å²) in [7, 11) is -2.99. The molecule has 120 valence electrons. The van der Waals surface area contributed by atoms with E-state index in [4.69, 9.17) is 0 Å². The summed E-state index contributed by atoms with van der Waals surface area (Å²) >= 11 is 0. The van der Waals surface area contributed by atoms with E-state index in [1.165, 1.54) is 6.26 Å². The van der Waals surface area contributed by atoms with Gasteiger partial charge in [-0.2, -0.15) is 0 Å². The van der Waals surface area contributed by atoms with Crippen molar-refractivity contribution < 1.29 is 8.42 Å². The van der Waals surface area contributed by atoms with Crippen molar-refractivity contribution in [3.8, 4) is 0 Å². The lowest BCUT2D eigenvalue weighted by atomic mass is 9.95. The highest BCUT2D eigenvalue weighted by atomic mass is 32.2. The molecule has 0 atom stereocenters. The van der Waals surface area contributed by atoms with Gasteiger partial charge in [0.25, 0.3) is 0 Å². The van der Waals surface area contributed by atoms with Crippen molar-refractivity contribution in [3.05, 3.63) is 11.4 Å². The number of hydrogen-bond acceptors (Lipinski definition) is 6. The summed E-state index contributed by atoms with van der Waals surface area (Å²) in [6.07, 6.45) is 1.23. The minimum atomic E-state index is -2.99. The van der Waals surface area contributed by atoms with Crippen LogP contribution in [0, 0.1) is 6.92 Å². The van der Waals surface area contributed by atoms with Gasteiger partial charge in [0.1, 0.15) is 27.3 Å². The molecule has 0 bridgehead atoms. The van der Waals surface area contributed by atoms with Crippen LogP contribution >= 0.6 is 0 Å². The maximum Gasteiger partial charge on any atom is 0.149 e. The first-order valence-electron chi connectivity index (χ1n) is 7.09. The molecule has 0 aliphatic heterocycles. The van der Waals surface area contributed by atoms with Crippen LogP contribution in [0.2, 0.25) is 0 Å². The third-order valence-corrected chi connectivity index (χ3v) is 3.87. The van der Waals surface area contributed by atoms with Crippen LogP contribution in [0.5, 0.6) is 0 Å². The number of anilines is 2. The molecule has 21 heavy (non-hydrogen) atoms. The van der Waals surface area contributed by atoms with Crippen molar-refractivity contribution in [1.82, 2.24) is 9.97 Å². The third-order valence-electron chi connectivity index (χ3n) is 2.93. The molecule has 1 heterocycles. The SMILES string of the molecule is CCNc1nc(C(C)(C)C)nc(NCCS(C)(=O)=O)c1C. The number of nitrogens with one attached hydrogen (secondary N) is 2.